The van der Waals surface area contributed by atoms with Crippen LogP contribution in [0.15, 0.2) is 29.5 Å². The fourth-order valence-corrected chi connectivity index (χ4v) is 0.552. The second kappa shape index (κ2) is 4.17. The number of hydrogen-bond acceptors (Lipinski definition) is 4. The van der Waals surface area contributed by atoms with Crippen molar-refractivity contribution < 1.29 is 14.1 Å². The molecule has 64 valence electrons. The summed E-state index contributed by atoms with van der Waals surface area (Å²) in [4.78, 5) is 10.8. The maximum absolute atomic E-state index is 10.8. The number of nitrogens with one attached hydrogen (secondary N) is 1. The van der Waals surface area contributed by atoms with Crippen molar-refractivity contribution in [1.29, 1.82) is 0 Å². The van der Waals surface area contributed by atoms with E-state index in [0.29, 0.717) is 5.82 Å². The molecule has 1 heterocycles. The SMILES string of the molecule is C=CCOC(=O)Nc1ccon1. The van der Waals surface area contributed by atoms with Crippen LogP contribution in [0.3, 0.4) is 0 Å². The van der Waals surface area contributed by atoms with E-state index in [1.54, 1.807) is 0 Å². The summed E-state index contributed by atoms with van der Waals surface area (Å²) in [6.07, 6.45) is 2.25. The fourth-order valence-electron chi connectivity index (χ4n) is 0.552. The zero-order valence-electron chi connectivity index (χ0n) is 6.32. The molecule has 0 unspecified atom stereocenters. The lowest BCUT2D eigenvalue weighted by Crippen LogP contribution is -2.13. The van der Waals surface area contributed by atoms with E-state index in [1.807, 2.05) is 0 Å². The van der Waals surface area contributed by atoms with E-state index in [-0.39, 0.29) is 6.61 Å². The molecule has 0 aromatic carbocycles. The Morgan fingerprint density at radius 2 is 2.75 bits per heavy atom. The van der Waals surface area contributed by atoms with Crippen LogP contribution in [-0.2, 0) is 4.74 Å². The third-order valence-electron chi connectivity index (χ3n) is 1.00. The largest absolute Gasteiger partial charge is 0.445 e. The van der Waals surface area contributed by atoms with Crippen LogP contribution in [-0.4, -0.2) is 17.9 Å². The molecule has 5 heteroatoms. The number of anilines is 1. The summed E-state index contributed by atoms with van der Waals surface area (Å²) in [6, 6.07) is 1.51. The first-order chi connectivity index (χ1) is 5.83. The van der Waals surface area contributed by atoms with Crippen molar-refractivity contribution in [2.45, 2.75) is 0 Å². The molecule has 1 aromatic rings. The highest BCUT2D eigenvalue weighted by Gasteiger charge is 2.02. The van der Waals surface area contributed by atoms with Crippen LogP contribution in [0.2, 0.25) is 0 Å². The number of rotatable bonds is 3. The first-order valence-corrected chi connectivity index (χ1v) is 3.28. The van der Waals surface area contributed by atoms with E-state index >= 15 is 0 Å². The van der Waals surface area contributed by atoms with Gasteiger partial charge in [0.2, 0.25) is 0 Å². The van der Waals surface area contributed by atoms with E-state index < -0.39 is 6.09 Å². The van der Waals surface area contributed by atoms with Crippen LogP contribution in [0.5, 0.6) is 0 Å². The van der Waals surface area contributed by atoms with Crippen LogP contribution < -0.4 is 5.32 Å². The van der Waals surface area contributed by atoms with Crippen LogP contribution in [0.25, 0.3) is 0 Å². The monoisotopic (exact) mass is 168 g/mol. The van der Waals surface area contributed by atoms with Gasteiger partial charge in [0.1, 0.15) is 12.9 Å². The van der Waals surface area contributed by atoms with Gasteiger partial charge in [-0.1, -0.05) is 17.8 Å². The Hall–Kier alpha value is -1.78. The molecule has 0 aliphatic carbocycles. The van der Waals surface area contributed by atoms with Crippen molar-refractivity contribution in [3.05, 3.63) is 25.0 Å². The average Bonchev–Trinajstić information content (AvgIpc) is 2.53. The Bertz CT molecular complexity index is 256. The van der Waals surface area contributed by atoms with Crippen molar-refractivity contribution in [3.8, 4) is 0 Å². The predicted molar refractivity (Wildman–Crippen MR) is 41.7 cm³/mol. The van der Waals surface area contributed by atoms with Crippen molar-refractivity contribution in [1.82, 2.24) is 5.16 Å². The van der Waals surface area contributed by atoms with Crippen molar-refractivity contribution in [3.63, 3.8) is 0 Å². The highest BCUT2D eigenvalue weighted by molar-refractivity contribution is 5.83. The van der Waals surface area contributed by atoms with Gasteiger partial charge in [0.25, 0.3) is 0 Å². The lowest BCUT2D eigenvalue weighted by molar-refractivity contribution is 0.174. The van der Waals surface area contributed by atoms with Crippen LogP contribution in [0.4, 0.5) is 10.6 Å². The molecule has 1 amide bonds. The summed E-state index contributed by atoms with van der Waals surface area (Å²) in [7, 11) is 0. The highest BCUT2D eigenvalue weighted by atomic mass is 16.5. The zero-order valence-corrected chi connectivity index (χ0v) is 6.32. The number of carbonyl (C=O) groups is 1. The third-order valence-corrected chi connectivity index (χ3v) is 1.00. The minimum atomic E-state index is -0.580. The van der Waals surface area contributed by atoms with Gasteiger partial charge in [-0.05, 0) is 0 Å². The molecular formula is C7H8N2O3. The Balaban J connectivity index is 2.32. The summed E-state index contributed by atoms with van der Waals surface area (Å²) in [6.45, 7) is 3.56. The van der Waals surface area contributed by atoms with Crippen molar-refractivity contribution >= 4 is 11.9 Å². The summed E-state index contributed by atoms with van der Waals surface area (Å²) in [5.74, 6) is 0.323. The predicted octanol–water partition coefficient (Wildman–Crippen LogP) is 1.41. The minimum Gasteiger partial charge on any atom is -0.445 e. The molecule has 1 rings (SSSR count). The number of amides is 1. The van der Waals surface area contributed by atoms with E-state index in [4.69, 9.17) is 0 Å². The molecule has 12 heavy (non-hydrogen) atoms. The van der Waals surface area contributed by atoms with Gasteiger partial charge in [-0.3, -0.25) is 5.32 Å². The Labute approximate surface area is 69.0 Å². The fraction of sp³-hybridized carbons (Fsp3) is 0.143. The van der Waals surface area contributed by atoms with Gasteiger partial charge in [0, 0.05) is 6.07 Å². The lowest BCUT2D eigenvalue weighted by Gasteiger charge is -1.99. The topological polar surface area (TPSA) is 64.4 Å². The molecular weight excluding hydrogens is 160 g/mol. The van der Waals surface area contributed by atoms with Gasteiger partial charge in [0.05, 0.1) is 0 Å². The van der Waals surface area contributed by atoms with Gasteiger partial charge >= 0.3 is 6.09 Å². The first kappa shape index (κ1) is 8.32. The molecule has 0 aliphatic heterocycles. The van der Waals surface area contributed by atoms with Gasteiger partial charge in [-0.15, -0.1) is 0 Å². The molecule has 0 atom stereocenters. The highest BCUT2D eigenvalue weighted by Crippen LogP contribution is 2.00. The smallest absolute Gasteiger partial charge is 0.413 e. The zero-order chi connectivity index (χ0) is 8.81. The number of hydrogen-bond donors (Lipinski definition) is 1. The van der Waals surface area contributed by atoms with Crippen LogP contribution >= 0.6 is 0 Å². The Morgan fingerprint density at radius 1 is 1.92 bits per heavy atom. The lowest BCUT2D eigenvalue weighted by atomic mass is 10.6. The maximum atomic E-state index is 10.8. The summed E-state index contributed by atoms with van der Waals surface area (Å²) in [5, 5.41) is 5.79. The molecule has 0 bridgehead atoms. The Morgan fingerprint density at radius 3 is 3.33 bits per heavy atom. The minimum absolute atomic E-state index is 0.170. The molecule has 0 saturated carbocycles. The van der Waals surface area contributed by atoms with E-state index in [0.717, 1.165) is 0 Å². The average molecular weight is 168 g/mol. The Kier molecular flexibility index (Phi) is 2.89. The molecule has 5 nitrogen and oxygen atoms in total. The summed E-state index contributed by atoms with van der Waals surface area (Å²) >= 11 is 0. The van der Waals surface area contributed by atoms with Crippen LogP contribution in [0.1, 0.15) is 0 Å². The van der Waals surface area contributed by atoms with Gasteiger partial charge < -0.3 is 9.26 Å². The molecule has 1 aromatic heterocycles. The maximum Gasteiger partial charge on any atom is 0.413 e. The standard InChI is InChI=1S/C7H8N2O3/c1-2-4-11-7(10)8-6-3-5-12-9-6/h2-3,5H,1,4H2,(H,8,9,10). The van der Waals surface area contributed by atoms with Crippen molar-refractivity contribution in [2.24, 2.45) is 0 Å². The number of nitrogens with zero attached hydrogens (tertiary/aromatic N) is 1. The number of aromatic nitrogens is 1. The molecule has 0 spiro atoms. The molecule has 0 fully saturated rings. The number of carbonyl (C=O) groups excluding carboxylic acids is 1. The second-order valence-electron chi connectivity index (χ2n) is 1.90. The van der Waals surface area contributed by atoms with Crippen LogP contribution in [0, 0.1) is 0 Å². The molecule has 0 saturated heterocycles. The van der Waals surface area contributed by atoms with Gasteiger partial charge in [0.15, 0.2) is 5.82 Å². The quantitative estimate of drug-likeness (QED) is 0.693. The third kappa shape index (κ3) is 2.45. The normalized spacial score (nSPS) is 9.00. The van der Waals surface area contributed by atoms with Gasteiger partial charge in [-0.2, -0.15) is 0 Å². The molecule has 1 N–H and O–H groups in total. The van der Waals surface area contributed by atoms with E-state index in [1.165, 1.54) is 18.4 Å². The summed E-state index contributed by atoms with van der Waals surface area (Å²) < 4.78 is 9.09. The summed E-state index contributed by atoms with van der Waals surface area (Å²) in [5.41, 5.74) is 0. The first-order valence-electron chi connectivity index (χ1n) is 3.28. The molecule has 0 aliphatic rings. The van der Waals surface area contributed by atoms with E-state index in [9.17, 15) is 4.79 Å². The number of ether oxygens (including phenoxy) is 1. The van der Waals surface area contributed by atoms with E-state index in [2.05, 4.69) is 26.3 Å². The van der Waals surface area contributed by atoms with Gasteiger partial charge in [-0.25, -0.2) is 4.79 Å². The van der Waals surface area contributed by atoms with Crippen molar-refractivity contribution in [2.75, 3.05) is 11.9 Å². The second-order valence-corrected chi connectivity index (χ2v) is 1.90. The molecule has 0 radical (unpaired) electrons.